The number of aryl methyl sites for hydroxylation is 2. The van der Waals surface area contributed by atoms with Gasteiger partial charge in [-0.3, -0.25) is 0 Å². The number of ether oxygens (including phenoxy) is 1. The van der Waals surface area contributed by atoms with Crippen molar-refractivity contribution in [3.8, 4) is 0 Å². The summed E-state index contributed by atoms with van der Waals surface area (Å²) in [6, 6.07) is 4.64. The van der Waals surface area contributed by atoms with Crippen LogP contribution in [0.15, 0.2) is 24.0 Å². The second kappa shape index (κ2) is 6.27. The first-order chi connectivity index (χ1) is 9.10. The molecule has 1 atom stereocenters. The van der Waals surface area contributed by atoms with E-state index in [1.807, 2.05) is 6.26 Å². The van der Waals surface area contributed by atoms with Gasteiger partial charge in [-0.1, -0.05) is 25.5 Å². The molecule has 0 saturated heterocycles. The van der Waals surface area contributed by atoms with E-state index in [9.17, 15) is 0 Å². The minimum atomic E-state index is 0.454. The largest absolute Gasteiger partial charge is 0.498 e. The summed E-state index contributed by atoms with van der Waals surface area (Å²) in [5.41, 5.74) is 7.08. The van der Waals surface area contributed by atoms with E-state index in [0.717, 1.165) is 6.42 Å². The highest BCUT2D eigenvalue weighted by Crippen LogP contribution is 2.25. The maximum Gasteiger partial charge on any atom is 0.0981 e. The van der Waals surface area contributed by atoms with E-state index in [1.165, 1.54) is 53.5 Å². The van der Waals surface area contributed by atoms with Crippen molar-refractivity contribution in [3.05, 3.63) is 46.2 Å². The van der Waals surface area contributed by atoms with Gasteiger partial charge in [0.15, 0.2) is 0 Å². The molecule has 1 aromatic rings. The van der Waals surface area contributed by atoms with Crippen molar-refractivity contribution >= 4 is 0 Å². The van der Waals surface area contributed by atoms with Gasteiger partial charge in [0.25, 0.3) is 0 Å². The monoisotopic (exact) mass is 258 g/mol. The number of allylic oxidation sites excluding steroid dienone is 1. The zero-order chi connectivity index (χ0) is 13.8. The van der Waals surface area contributed by atoms with Crippen LogP contribution in [-0.2, 0) is 11.2 Å². The van der Waals surface area contributed by atoms with Gasteiger partial charge < -0.3 is 4.74 Å². The maximum atomic E-state index is 5.83. The standard InChI is InChI=1S/C18H26O/c1-5-6-18-8-7-16(12-19-18)11-17-9-13(2)15(4)14(3)10-17/h9-10,12,18H,5-8,11H2,1-4H3. The summed E-state index contributed by atoms with van der Waals surface area (Å²) in [6.45, 7) is 8.83. The lowest BCUT2D eigenvalue weighted by molar-refractivity contribution is 0.110. The van der Waals surface area contributed by atoms with Crippen molar-refractivity contribution in [1.82, 2.24) is 0 Å². The maximum absolute atomic E-state index is 5.83. The summed E-state index contributed by atoms with van der Waals surface area (Å²) in [5, 5.41) is 0. The van der Waals surface area contributed by atoms with Crippen LogP contribution in [0.4, 0.5) is 0 Å². The highest BCUT2D eigenvalue weighted by Gasteiger charge is 2.15. The van der Waals surface area contributed by atoms with Gasteiger partial charge in [-0.25, -0.2) is 0 Å². The van der Waals surface area contributed by atoms with Crippen molar-refractivity contribution in [2.75, 3.05) is 0 Å². The molecule has 1 aromatic carbocycles. The Morgan fingerprint density at radius 2 is 1.84 bits per heavy atom. The molecule has 0 radical (unpaired) electrons. The lowest BCUT2D eigenvalue weighted by atomic mass is 9.94. The molecule has 0 N–H and O–H groups in total. The molecule has 2 rings (SSSR count). The van der Waals surface area contributed by atoms with E-state index in [-0.39, 0.29) is 0 Å². The average Bonchev–Trinajstić information content (AvgIpc) is 2.38. The summed E-state index contributed by atoms with van der Waals surface area (Å²) >= 11 is 0. The molecule has 0 fully saturated rings. The molecule has 1 unspecified atom stereocenters. The summed E-state index contributed by atoms with van der Waals surface area (Å²) < 4.78 is 5.83. The lowest BCUT2D eigenvalue weighted by Crippen LogP contribution is -2.15. The molecule has 1 heterocycles. The highest BCUT2D eigenvalue weighted by molar-refractivity contribution is 5.38. The van der Waals surface area contributed by atoms with Gasteiger partial charge in [0, 0.05) is 0 Å². The van der Waals surface area contributed by atoms with Crippen LogP contribution in [0.25, 0.3) is 0 Å². The molecule has 0 amide bonds. The molecule has 104 valence electrons. The Morgan fingerprint density at radius 3 is 2.37 bits per heavy atom. The van der Waals surface area contributed by atoms with Crippen molar-refractivity contribution in [2.45, 2.75) is 65.9 Å². The van der Waals surface area contributed by atoms with Crippen LogP contribution >= 0.6 is 0 Å². The van der Waals surface area contributed by atoms with Crippen molar-refractivity contribution in [1.29, 1.82) is 0 Å². The molecule has 1 aliphatic rings. The fourth-order valence-corrected chi connectivity index (χ4v) is 2.82. The van der Waals surface area contributed by atoms with E-state index in [4.69, 9.17) is 4.74 Å². The molecule has 0 bridgehead atoms. The van der Waals surface area contributed by atoms with E-state index in [2.05, 4.69) is 39.8 Å². The van der Waals surface area contributed by atoms with Crippen molar-refractivity contribution in [3.63, 3.8) is 0 Å². The van der Waals surface area contributed by atoms with E-state index in [1.54, 1.807) is 0 Å². The van der Waals surface area contributed by atoms with Crippen LogP contribution in [0.2, 0.25) is 0 Å². The van der Waals surface area contributed by atoms with Crippen LogP contribution in [0, 0.1) is 20.8 Å². The second-order valence-corrected chi connectivity index (χ2v) is 5.89. The highest BCUT2D eigenvalue weighted by atomic mass is 16.5. The van der Waals surface area contributed by atoms with Gasteiger partial charge in [0.2, 0.25) is 0 Å². The zero-order valence-corrected chi connectivity index (χ0v) is 12.8. The van der Waals surface area contributed by atoms with Crippen molar-refractivity contribution < 1.29 is 4.74 Å². The van der Waals surface area contributed by atoms with E-state index in [0.29, 0.717) is 6.10 Å². The molecule has 0 aromatic heterocycles. The van der Waals surface area contributed by atoms with Crippen LogP contribution < -0.4 is 0 Å². The fourth-order valence-electron chi connectivity index (χ4n) is 2.82. The topological polar surface area (TPSA) is 9.23 Å². The quantitative estimate of drug-likeness (QED) is 0.737. The number of hydrogen-bond acceptors (Lipinski definition) is 1. The summed E-state index contributed by atoms with van der Waals surface area (Å²) in [4.78, 5) is 0. The lowest BCUT2D eigenvalue weighted by Gasteiger charge is -2.23. The predicted octanol–water partition coefficient (Wildman–Crippen LogP) is 5.02. The van der Waals surface area contributed by atoms with E-state index >= 15 is 0 Å². The van der Waals surface area contributed by atoms with Gasteiger partial charge >= 0.3 is 0 Å². The first-order valence-corrected chi connectivity index (χ1v) is 7.50. The van der Waals surface area contributed by atoms with E-state index < -0.39 is 0 Å². The molecule has 0 saturated carbocycles. The Kier molecular flexibility index (Phi) is 4.68. The van der Waals surface area contributed by atoms with Crippen LogP contribution in [0.3, 0.4) is 0 Å². The third kappa shape index (κ3) is 3.62. The van der Waals surface area contributed by atoms with Gasteiger partial charge in [-0.05, 0) is 74.3 Å². The predicted molar refractivity (Wildman–Crippen MR) is 81.5 cm³/mol. The summed E-state index contributed by atoms with van der Waals surface area (Å²) in [6.07, 6.45) is 8.29. The molecule has 1 nitrogen and oxygen atoms in total. The SMILES string of the molecule is CCCC1CCC(Cc2cc(C)c(C)c(C)c2)=CO1. The van der Waals surface area contributed by atoms with Gasteiger partial charge in [-0.15, -0.1) is 0 Å². The molecule has 19 heavy (non-hydrogen) atoms. The molecule has 1 aliphatic heterocycles. The Hall–Kier alpha value is -1.24. The minimum Gasteiger partial charge on any atom is -0.498 e. The Labute approximate surface area is 117 Å². The summed E-state index contributed by atoms with van der Waals surface area (Å²) in [5.74, 6) is 0. The third-order valence-corrected chi connectivity index (χ3v) is 4.24. The summed E-state index contributed by atoms with van der Waals surface area (Å²) in [7, 11) is 0. The molecule has 1 heteroatoms. The molecular formula is C18H26O. The number of benzene rings is 1. The molecule has 0 spiro atoms. The zero-order valence-electron chi connectivity index (χ0n) is 12.8. The van der Waals surface area contributed by atoms with Gasteiger partial charge in [-0.2, -0.15) is 0 Å². The number of rotatable bonds is 4. The smallest absolute Gasteiger partial charge is 0.0981 e. The normalized spacial score (nSPS) is 18.9. The first kappa shape index (κ1) is 14.2. The molecular weight excluding hydrogens is 232 g/mol. The fraction of sp³-hybridized carbons (Fsp3) is 0.556. The Balaban J connectivity index is 2.02. The van der Waals surface area contributed by atoms with Crippen molar-refractivity contribution in [2.24, 2.45) is 0 Å². The second-order valence-electron chi connectivity index (χ2n) is 5.89. The minimum absolute atomic E-state index is 0.454. The first-order valence-electron chi connectivity index (χ1n) is 7.50. The van der Waals surface area contributed by atoms with Crippen LogP contribution in [-0.4, -0.2) is 6.10 Å². The molecule has 0 aliphatic carbocycles. The van der Waals surface area contributed by atoms with Gasteiger partial charge in [0.05, 0.1) is 12.4 Å². The van der Waals surface area contributed by atoms with Crippen LogP contribution in [0.5, 0.6) is 0 Å². The average molecular weight is 258 g/mol. The Morgan fingerprint density at radius 1 is 1.16 bits per heavy atom. The van der Waals surface area contributed by atoms with Crippen LogP contribution in [0.1, 0.15) is 54.9 Å². The third-order valence-electron chi connectivity index (χ3n) is 4.24. The van der Waals surface area contributed by atoms with Gasteiger partial charge in [0.1, 0.15) is 0 Å². The Bertz CT molecular complexity index is 448. The number of hydrogen-bond donors (Lipinski definition) is 0.